The standard InChI is InChI=1S/C17H27NO4/c1-9-6-10(8-17(2,3)7-9)18-15(19)13-11-4-5-12(22-11)14(13)16(20)21/h9-14H,4-8H2,1-3H3,(H,18,19)(H,20,21)/t9-,10-,11+,12+,13-,14+/m1/s1. The van der Waals surface area contributed by atoms with Crippen molar-refractivity contribution in [3.63, 3.8) is 0 Å². The van der Waals surface area contributed by atoms with Crippen LogP contribution in [0.3, 0.4) is 0 Å². The summed E-state index contributed by atoms with van der Waals surface area (Å²) < 4.78 is 5.69. The van der Waals surface area contributed by atoms with Crippen LogP contribution in [0.5, 0.6) is 0 Å². The van der Waals surface area contributed by atoms with E-state index in [2.05, 4.69) is 26.1 Å². The minimum Gasteiger partial charge on any atom is -0.481 e. The molecule has 0 radical (unpaired) electrons. The minimum absolute atomic E-state index is 0.116. The van der Waals surface area contributed by atoms with Crippen LogP contribution in [0.1, 0.15) is 52.9 Å². The van der Waals surface area contributed by atoms with Gasteiger partial charge in [0.25, 0.3) is 0 Å². The molecule has 3 aliphatic rings. The molecule has 2 heterocycles. The Kier molecular flexibility index (Phi) is 3.96. The number of rotatable bonds is 3. The molecule has 2 aliphatic heterocycles. The van der Waals surface area contributed by atoms with Crippen molar-refractivity contribution in [2.45, 2.75) is 71.1 Å². The molecule has 1 amide bonds. The molecule has 0 aromatic carbocycles. The van der Waals surface area contributed by atoms with E-state index in [1.807, 2.05) is 0 Å². The fraction of sp³-hybridized carbons (Fsp3) is 0.882. The molecule has 0 aromatic rings. The van der Waals surface area contributed by atoms with Gasteiger partial charge in [0.2, 0.25) is 5.91 Å². The van der Waals surface area contributed by atoms with Crippen molar-refractivity contribution in [3.05, 3.63) is 0 Å². The lowest BCUT2D eigenvalue weighted by atomic mass is 9.70. The smallest absolute Gasteiger partial charge is 0.310 e. The number of ether oxygens (including phenoxy) is 1. The molecule has 3 fully saturated rings. The summed E-state index contributed by atoms with van der Waals surface area (Å²) in [6, 6.07) is 0.153. The van der Waals surface area contributed by atoms with E-state index in [1.165, 1.54) is 6.42 Å². The maximum atomic E-state index is 12.7. The first-order valence-corrected chi connectivity index (χ1v) is 8.45. The Balaban J connectivity index is 1.68. The van der Waals surface area contributed by atoms with Crippen molar-refractivity contribution in [3.8, 4) is 0 Å². The highest BCUT2D eigenvalue weighted by Gasteiger charge is 2.55. The summed E-state index contributed by atoms with van der Waals surface area (Å²) in [5.74, 6) is -1.62. The van der Waals surface area contributed by atoms with Crippen LogP contribution in [0.2, 0.25) is 0 Å². The van der Waals surface area contributed by atoms with E-state index in [9.17, 15) is 14.7 Å². The summed E-state index contributed by atoms with van der Waals surface area (Å²) in [6.45, 7) is 6.70. The lowest BCUT2D eigenvalue weighted by molar-refractivity contribution is -0.148. The Morgan fingerprint density at radius 2 is 1.77 bits per heavy atom. The lowest BCUT2D eigenvalue weighted by Gasteiger charge is -2.40. The quantitative estimate of drug-likeness (QED) is 0.838. The second kappa shape index (κ2) is 5.52. The highest BCUT2D eigenvalue weighted by molar-refractivity contribution is 5.86. The Morgan fingerprint density at radius 1 is 1.14 bits per heavy atom. The molecule has 0 spiro atoms. The largest absolute Gasteiger partial charge is 0.481 e. The van der Waals surface area contributed by atoms with Gasteiger partial charge in [0.05, 0.1) is 24.0 Å². The van der Waals surface area contributed by atoms with Crippen LogP contribution in [-0.2, 0) is 14.3 Å². The van der Waals surface area contributed by atoms with Gasteiger partial charge in [-0.05, 0) is 43.4 Å². The van der Waals surface area contributed by atoms with E-state index in [1.54, 1.807) is 0 Å². The van der Waals surface area contributed by atoms with Gasteiger partial charge < -0.3 is 15.2 Å². The zero-order chi connectivity index (χ0) is 16.1. The van der Waals surface area contributed by atoms with Gasteiger partial charge in [0.1, 0.15) is 0 Å². The molecular formula is C17H27NO4. The van der Waals surface area contributed by atoms with Crippen molar-refractivity contribution in [2.24, 2.45) is 23.2 Å². The average Bonchev–Trinajstić information content (AvgIpc) is 2.95. The van der Waals surface area contributed by atoms with E-state index in [0.717, 1.165) is 25.7 Å². The van der Waals surface area contributed by atoms with Crippen molar-refractivity contribution in [2.75, 3.05) is 0 Å². The summed E-state index contributed by atoms with van der Waals surface area (Å²) >= 11 is 0. The number of carboxylic acids is 1. The number of aliphatic carboxylic acids is 1. The predicted molar refractivity (Wildman–Crippen MR) is 81.2 cm³/mol. The number of hydrogen-bond acceptors (Lipinski definition) is 3. The number of carbonyl (C=O) groups excluding carboxylic acids is 1. The van der Waals surface area contributed by atoms with E-state index >= 15 is 0 Å². The fourth-order valence-corrected chi connectivity index (χ4v) is 5.08. The molecule has 3 rings (SSSR count). The molecule has 5 nitrogen and oxygen atoms in total. The second-order valence-electron chi connectivity index (χ2n) is 8.30. The van der Waals surface area contributed by atoms with Gasteiger partial charge in [0, 0.05) is 6.04 Å². The summed E-state index contributed by atoms with van der Waals surface area (Å²) in [5, 5.41) is 12.6. The second-order valence-corrected chi connectivity index (χ2v) is 8.30. The first kappa shape index (κ1) is 15.8. The predicted octanol–water partition coefficient (Wildman–Crippen LogP) is 2.20. The molecule has 22 heavy (non-hydrogen) atoms. The van der Waals surface area contributed by atoms with Crippen LogP contribution >= 0.6 is 0 Å². The molecule has 2 saturated heterocycles. The maximum Gasteiger partial charge on any atom is 0.310 e. The summed E-state index contributed by atoms with van der Waals surface area (Å²) in [6.07, 6.45) is 4.20. The average molecular weight is 309 g/mol. The molecule has 1 aliphatic carbocycles. The van der Waals surface area contributed by atoms with Crippen molar-refractivity contribution < 1.29 is 19.4 Å². The molecule has 124 valence electrons. The van der Waals surface area contributed by atoms with Crippen molar-refractivity contribution >= 4 is 11.9 Å². The van der Waals surface area contributed by atoms with Crippen LogP contribution in [0.15, 0.2) is 0 Å². The number of carbonyl (C=O) groups is 2. The van der Waals surface area contributed by atoms with Crippen LogP contribution in [0, 0.1) is 23.2 Å². The molecule has 1 saturated carbocycles. The third-order valence-electron chi connectivity index (χ3n) is 5.59. The molecular weight excluding hydrogens is 282 g/mol. The van der Waals surface area contributed by atoms with E-state index in [4.69, 9.17) is 4.74 Å². The molecule has 2 N–H and O–H groups in total. The Bertz CT molecular complexity index is 475. The van der Waals surface area contributed by atoms with Crippen molar-refractivity contribution in [1.82, 2.24) is 5.32 Å². The Morgan fingerprint density at radius 3 is 2.36 bits per heavy atom. The van der Waals surface area contributed by atoms with Crippen LogP contribution in [0.25, 0.3) is 0 Å². The molecule has 6 atom stereocenters. The highest BCUT2D eigenvalue weighted by atomic mass is 16.5. The first-order chi connectivity index (χ1) is 10.3. The third-order valence-corrected chi connectivity index (χ3v) is 5.59. The zero-order valence-electron chi connectivity index (χ0n) is 13.7. The van der Waals surface area contributed by atoms with Crippen LogP contribution in [0.4, 0.5) is 0 Å². The molecule has 2 bridgehead atoms. The summed E-state index contributed by atoms with van der Waals surface area (Å²) in [7, 11) is 0. The monoisotopic (exact) mass is 309 g/mol. The van der Waals surface area contributed by atoms with Gasteiger partial charge >= 0.3 is 5.97 Å². The van der Waals surface area contributed by atoms with Crippen molar-refractivity contribution in [1.29, 1.82) is 0 Å². The summed E-state index contributed by atoms with van der Waals surface area (Å²) in [5.41, 5.74) is 0.229. The maximum absolute atomic E-state index is 12.7. The number of fused-ring (bicyclic) bond motifs is 2. The van der Waals surface area contributed by atoms with Gasteiger partial charge in [0.15, 0.2) is 0 Å². The van der Waals surface area contributed by atoms with Gasteiger partial charge in [-0.3, -0.25) is 9.59 Å². The highest BCUT2D eigenvalue weighted by Crippen LogP contribution is 2.44. The van der Waals surface area contributed by atoms with Gasteiger partial charge in [-0.2, -0.15) is 0 Å². The summed E-state index contributed by atoms with van der Waals surface area (Å²) in [4.78, 5) is 24.2. The lowest BCUT2D eigenvalue weighted by Crippen LogP contribution is -2.49. The molecule has 5 heteroatoms. The Labute approximate surface area is 131 Å². The van der Waals surface area contributed by atoms with Gasteiger partial charge in [-0.15, -0.1) is 0 Å². The number of hydrogen-bond donors (Lipinski definition) is 2. The normalized spacial score (nSPS) is 43.0. The SMILES string of the molecule is C[C@@H]1C[C@@H](NC(=O)[C@H]2[C@@H](C(=O)O)[C@@H]3CC[C@@H]2O3)CC(C)(C)C1. The fourth-order valence-electron chi connectivity index (χ4n) is 5.08. The minimum atomic E-state index is -0.898. The van der Waals surface area contributed by atoms with E-state index in [0.29, 0.717) is 5.92 Å². The molecule has 0 aromatic heterocycles. The van der Waals surface area contributed by atoms with Crippen LogP contribution in [-0.4, -0.2) is 35.2 Å². The first-order valence-electron chi connectivity index (χ1n) is 8.45. The Hall–Kier alpha value is -1.10. The van der Waals surface area contributed by atoms with Crippen LogP contribution < -0.4 is 5.32 Å². The number of amides is 1. The number of nitrogens with one attached hydrogen (secondary N) is 1. The van der Waals surface area contributed by atoms with E-state index < -0.39 is 17.8 Å². The van der Waals surface area contributed by atoms with E-state index in [-0.39, 0.29) is 29.6 Å². The third kappa shape index (κ3) is 2.87. The zero-order valence-corrected chi connectivity index (χ0v) is 13.7. The topological polar surface area (TPSA) is 75.6 Å². The molecule has 0 unspecified atom stereocenters. The number of carboxylic acid groups (broad SMARTS) is 1. The van der Waals surface area contributed by atoms with Gasteiger partial charge in [-0.1, -0.05) is 20.8 Å². The van der Waals surface area contributed by atoms with Gasteiger partial charge in [-0.25, -0.2) is 0 Å².